The van der Waals surface area contributed by atoms with Gasteiger partial charge in [-0.1, -0.05) is 6.07 Å². The summed E-state index contributed by atoms with van der Waals surface area (Å²) in [6.07, 6.45) is 10.3. The van der Waals surface area contributed by atoms with E-state index >= 15 is 0 Å². The molecular formula is C23H27N3O6S. The lowest BCUT2D eigenvalue weighted by atomic mass is 10.2. The fourth-order valence-electron chi connectivity index (χ4n) is 3.35. The summed E-state index contributed by atoms with van der Waals surface area (Å²) in [4.78, 5) is 22.5. The molecule has 0 spiro atoms. The number of pyridine rings is 1. The highest BCUT2D eigenvalue weighted by Gasteiger charge is 2.36. The molecule has 0 bridgehead atoms. The molecule has 3 rings (SSSR count). The minimum atomic E-state index is -4.13. The largest absolute Gasteiger partial charge is 0.497 e. The third kappa shape index (κ3) is 6.52. The standard InChI is InChI=1S/C23H27N3O6S/c1-3-7-21(23(27)25-32-22-9-4-5-15-31-22)26(17-18-8-6-14-24-16-18)33(28,29)20-12-10-19(30-2)11-13-20/h1,6,8,10-14,16,21-22H,4-5,7,9,15,17H2,2H3,(H,25,27)/t21-,22?/m1/s1. The number of hydroxylamine groups is 1. The summed E-state index contributed by atoms with van der Waals surface area (Å²) in [6.45, 7) is 0.426. The van der Waals surface area contributed by atoms with Gasteiger partial charge in [-0.15, -0.1) is 12.3 Å². The van der Waals surface area contributed by atoms with Crippen LogP contribution in [0.4, 0.5) is 0 Å². The first-order valence-corrected chi connectivity index (χ1v) is 11.9. The number of sulfonamides is 1. The molecule has 1 aliphatic rings. The first-order chi connectivity index (χ1) is 16.0. The van der Waals surface area contributed by atoms with Gasteiger partial charge < -0.3 is 9.47 Å². The molecule has 9 nitrogen and oxygen atoms in total. The highest BCUT2D eigenvalue weighted by Crippen LogP contribution is 2.25. The third-order valence-corrected chi connectivity index (χ3v) is 6.99. The fraction of sp³-hybridized carbons (Fsp3) is 0.391. The second kappa shape index (κ2) is 11.8. The normalized spacial score (nSPS) is 17.2. The molecule has 33 heavy (non-hydrogen) atoms. The molecule has 1 aliphatic heterocycles. The molecule has 2 heterocycles. The number of benzene rings is 1. The van der Waals surface area contributed by atoms with Gasteiger partial charge in [0.1, 0.15) is 11.8 Å². The molecule has 1 N–H and O–H groups in total. The molecule has 1 saturated heterocycles. The van der Waals surface area contributed by atoms with Gasteiger partial charge in [-0.05, 0) is 48.7 Å². The Kier molecular flexibility index (Phi) is 8.79. The molecule has 10 heteroatoms. The number of aromatic nitrogens is 1. The number of terminal acetylenes is 1. The van der Waals surface area contributed by atoms with Crippen molar-refractivity contribution in [2.24, 2.45) is 0 Å². The number of methoxy groups -OCH3 is 1. The van der Waals surface area contributed by atoms with E-state index in [0.29, 0.717) is 24.3 Å². The van der Waals surface area contributed by atoms with Gasteiger partial charge in [-0.2, -0.15) is 4.31 Å². The van der Waals surface area contributed by atoms with Crippen molar-refractivity contribution in [3.05, 3.63) is 54.4 Å². The van der Waals surface area contributed by atoms with Gasteiger partial charge in [-0.25, -0.2) is 18.7 Å². The molecule has 2 aromatic rings. The Morgan fingerprint density at radius 1 is 1.33 bits per heavy atom. The lowest BCUT2D eigenvalue weighted by molar-refractivity contribution is -0.202. The molecule has 176 valence electrons. The number of carbonyl (C=O) groups is 1. The molecule has 1 fully saturated rings. The van der Waals surface area contributed by atoms with Gasteiger partial charge in [0.15, 0.2) is 6.29 Å². The van der Waals surface area contributed by atoms with Crippen LogP contribution in [0.5, 0.6) is 5.75 Å². The number of nitrogens with zero attached hydrogens (tertiary/aromatic N) is 2. The molecule has 0 radical (unpaired) electrons. The zero-order valence-corrected chi connectivity index (χ0v) is 19.2. The summed E-state index contributed by atoms with van der Waals surface area (Å²) in [7, 11) is -2.64. The van der Waals surface area contributed by atoms with Crippen LogP contribution in [0, 0.1) is 12.3 Å². The van der Waals surface area contributed by atoms with Gasteiger partial charge in [0, 0.05) is 38.4 Å². The maximum Gasteiger partial charge on any atom is 0.263 e. The van der Waals surface area contributed by atoms with E-state index in [4.69, 9.17) is 20.7 Å². The SMILES string of the molecule is C#CC[C@H](C(=O)NOC1CCCCO1)N(Cc1cccnc1)S(=O)(=O)c1ccc(OC)cc1. The van der Waals surface area contributed by atoms with Gasteiger partial charge in [-0.3, -0.25) is 9.78 Å². The van der Waals surface area contributed by atoms with E-state index in [-0.39, 0.29) is 17.9 Å². The summed E-state index contributed by atoms with van der Waals surface area (Å²) in [5.74, 6) is 2.23. The average molecular weight is 474 g/mol. The van der Waals surface area contributed by atoms with Crippen molar-refractivity contribution >= 4 is 15.9 Å². The highest BCUT2D eigenvalue weighted by molar-refractivity contribution is 7.89. The van der Waals surface area contributed by atoms with Crippen LogP contribution in [0.2, 0.25) is 0 Å². The Morgan fingerprint density at radius 3 is 2.73 bits per heavy atom. The Labute approximate surface area is 194 Å². The van der Waals surface area contributed by atoms with E-state index in [1.54, 1.807) is 18.3 Å². The Balaban J connectivity index is 1.90. The van der Waals surface area contributed by atoms with Crippen LogP contribution in [-0.4, -0.2) is 49.7 Å². The topological polar surface area (TPSA) is 107 Å². The van der Waals surface area contributed by atoms with Crippen molar-refractivity contribution in [3.8, 4) is 18.1 Å². The van der Waals surface area contributed by atoms with Crippen molar-refractivity contribution in [2.75, 3.05) is 13.7 Å². The minimum Gasteiger partial charge on any atom is -0.497 e. The lowest BCUT2D eigenvalue weighted by Gasteiger charge is -2.30. The van der Waals surface area contributed by atoms with Gasteiger partial charge in [0.2, 0.25) is 10.0 Å². The van der Waals surface area contributed by atoms with Crippen molar-refractivity contribution in [2.45, 2.75) is 49.5 Å². The summed E-state index contributed by atoms with van der Waals surface area (Å²) in [5.41, 5.74) is 2.94. The first-order valence-electron chi connectivity index (χ1n) is 10.5. The molecule has 1 unspecified atom stereocenters. The molecule has 0 saturated carbocycles. The van der Waals surface area contributed by atoms with Crippen LogP contribution in [0.1, 0.15) is 31.2 Å². The van der Waals surface area contributed by atoms with E-state index in [9.17, 15) is 13.2 Å². The second-order valence-corrected chi connectivity index (χ2v) is 9.28. The van der Waals surface area contributed by atoms with E-state index in [1.807, 2.05) is 0 Å². The molecule has 1 amide bonds. The Hall–Kier alpha value is -2.97. The van der Waals surface area contributed by atoms with Gasteiger partial charge >= 0.3 is 0 Å². The van der Waals surface area contributed by atoms with Gasteiger partial charge in [0.25, 0.3) is 5.91 Å². The summed E-state index contributed by atoms with van der Waals surface area (Å²) in [5, 5.41) is 0. The van der Waals surface area contributed by atoms with E-state index in [1.165, 1.54) is 37.6 Å². The van der Waals surface area contributed by atoms with Crippen LogP contribution < -0.4 is 10.2 Å². The zero-order chi connectivity index (χ0) is 23.7. The summed E-state index contributed by atoms with van der Waals surface area (Å²) >= 11 is 0. The number of rotatable bonds is 10. The smallest absolute Gasteiger partial charge is 0.263 e. The van der Waals surface area contributed by atoms with E-state index < -0.39 is 28.3 Å². The minimum absolute atomic E-state index is 0.00135. The Bertz CT molecular complexity index is 1050. The number of carbonyl (C=O) groups excluding carboxylic acids is 1. The Morgan fingerprint density at radius 2 is 2.12 bits per heavy atom. The van der Waals surface area contributed by atoms with Crippen molar-refractivity contribution in [1.82, 2.24) is 14.8 Å². The molecule has 1 aromatic carbocycles. The number of hydrogen-bond acceptors (Lipinski definition) is 7. The predicted molar refractivity (Wildman–Crippen MR) is 120 cm³/mol. The monoisotopic (exact) mass is 473 g/mol. The maximum atomic E-state index is 13.6. The van der Waals surface area contributed by atoms with Crippen molar-refractivity contribution in [1.29, 1.82) is 0 Å². The van der Waals surface area contributed by atoms with Crippen LogP contribution in [-0.2, 0) is 30.9 Å². The molecule has 0 aliphatic carbocycles. The quantitative estimate of drug-likeness (QED) is 0.417. The van der Waals surface area contributed by atoms with Crippen molar-refractivity contribution in [3.63, 3.8) is 0 Å². The molecular weight excluding hydrogens is 446 g/mol. The fourth-order valence-corrected chi connectivity index (χ4v) is 4.93. The number of nitrogens with one attached hydrogen (secondary N) is 1. The van der Waals surface area contributed by atoms with E-state index in [2.05, 4.69) is 16.4 Å². The van der Waals surface area contributed by atoms with Crippen LogP contribution in [0.3, 0.4) is 0 Å². The zero-order valence-electron chi connectivity index (χ0n) is 18.3. The number of ether oxygens (including phenoxy) is 2. The van der Waals surface area contributed by atoms with Crippen LogP contribution in [0.25, 0.3) is 0 Å². The van der Waals surface area contributed by atoms with E-state index in [0.717, 1.165) is 17.1 Å². The van der Waals surface area contributed by atoms with Gasteiger partial charge in [0.05, 0.1) is 12.0 Å². The summed E-state index contributed by atoms with van der Waals surface area (Å²) < 4.78 is 38.9. The second-order valence-electron chi connectivity index (χ2n) is 7.39. The van der Waals surface area contributed by atoms with Crippen LogP contribution in [0.15, 0.2) is 53.7 Å². The third-order valence-electron chi connectivity index (χ3n) is 5.12. The summed E-state index contributed by atoms with van der Waals surface area (Å²) in [6, 6.07) is 8.10. The molecule has 1 aromatic heterocycles. The maximum absolute atomic E-state index is 13.6. The van der Waals surface area contributed by atoms with Crippen LogP contribution >= 0.6 is 0 Å². The molecule has 2 atom stereocenters. The number of hydrogen-bond donors (Lipinski definition) is 1. The number of amides is 1. The average Bonchev–Trinajstić information content (AvgIpc) is 2.86. The lowest BCUT2D eigenvalue weighted by Crippen LogP contribution is -2.50. The predicted octanol–water partition coefficient (Wildman–Crippen LogP) is 2.25. The first kappa shape index (κ1) is 24.7. The highest BCUT2D eigenvalue weighted by atomic mass is 32.2. The van der Waals surface area contributed by atoms with Crippen molar-refractivity contribution < 1.29 is 27.5 Å².